The zero-order chi connectivity index (χ0) is 10.3. The summed E-state index contributed by atoms with van der Waals surface area (Å²) in [6, 6.07) is 0. The van der Waals surface area contributed by atoms with Crippen LogP contribution in [0.2, 0.25) is 9.26 Å². The van der Waals surface area contributed by atoms with Crippen molar-refractivity contribution in [3.05, 3.63) is 43.0 Å². The minimum absolute atomic E-state index is 1.24. The summed E-state index contributed by atoms with van der Waals surface area (Å²) < 4.78 is 8.83. The zero-order valence-corrected chi connectivity index (χ0v) is 13.8. The molecule has 0 nitrogen and oxygen atoms in total. The second-order valence-corrected chi connectivity index (χ2v) is 42.0. The fourth-order valence-electron chi connectivity index (χ4n) is 2.40. The van der Waals surface area contributed by atoms with E-state index in [4.69, 9.17) is 0 Å². The van der Waals surface area contributed by atoms with E-state index in [-0.39, 0.29) is 0 Å². The van der Waals surface area contributed by atoms with Crippen molar-refractivity contribution in [2.24, 2.45) is 0 Å². The molecule has 75 valence electrons. The van der Waals surface area contributed by atoms with Crippen LogP contribution in [0.5, 0.6) is 0 Å². The first kappa shape index (κ1) is 10.6. The molecule has 0 heterocycles. The molecule has 0 spiro atoms. The van der Waals surface area contributed by atoms with Crippen LogP contribution in [0.3, 0.4) is 0 Å². The summed E-state index contributed by atoms with van der Waals surface area (Å²) in [4.78, 5) is 0. The van der Waals surface area contributed by atoms with Gasteiger partial charge in [0.25, 0.3) is 0 Å². The summed E-state index contributed by atoms with van der Waals surface area (Å²) in [6.07, 6.45) is 16.4. The molecule has 0 bridgehead atoms. The van der Waals surface area contributed by atoms with Crippen molar-refractivity contribution in [2.45, 2.75) is 22.1 Å². The van der Waals surface area contributed by atoms with E-state index in [0.717, 1.165) is 0 Å². The van der Waals surface area contributed by atoms with Gasteiger partial charge in [0, 0.05) is 0 Å². The van der Waals surface area contributed by atoms with E-state index >= 15 is 0 Å². The van der Waals surface area contributed by atoms with Gasteiger partial charge in [-0.15, -0.1) is 0 Å². The predicted molar refractivity (Wildman–Crippen MR) is 65.3 cm³/mol. The fourth-order valence-corrected chi connectivity index (χ4v) is 15.2. The molecular weight excluding hydrogens is 263 g/mol. The van der Waals surface area contributed by atoms with Crippen LogP contribution in [0, 0.1) is 0 Å². The molecule has 2 rings (SSSR count). The van der Waals surface area contributed by atoms with Crippen molar-refractivity contribution < 1.29 is 17.9 Å². The van der Waals surface area contributed by atoms with Gasteiger partial charge in [-0.3, -0.25) is 0 Å². The first-order valence-electron chi connectivity index (χ1n) is 5.43. The molecule has 2 heteroatoms. The monoisotopic (exact) mass is 281 g/mol. The van der Waals surface area contributed by atoms with E-state index in [1.54, 1.807) is 6.56 Å². The topological polar surface area (TPSA) is 0 Å². The third-order valence-electron chi connectivity index (χ3n) is 3.79. The molecular formula is C12H19SiZr. The van der Waals surface area contributed by atoms with E-state index in [1.807, 2.05) is 0 Å². The second-order valence-electron chi connectivity index (χ2n) is 5.77. The van der Waals surface area contributed by atoms with Crippen LogP contribution in [0.1, 0.15) is 12.8 Å². The first-order chi connectivity index (χ1) is 6.49. The summed E-state index contributed by atoms with van der Waals surface area (Å²) in [5.74, 6) is 0. The van der Waals surface area contributed by atoms with Gasteiger partial charge in [0.15, 0.2) is 0 Å². The van der Waals surface area contributed by atoms with Crippen LogP contribution in [-0.2, 0) is 17.9 Å². The average Bonchev–Trinajstić information content (AvgIpc) is 2.78. The molecule has 0 saturated carbocycles. The average molecular weight is 283 g/mol. The second kappa shape index (κ2) is 3.28. The van der Waals surface area contributed by atoms with Crippen molar-refractivity contribution in [2.75, 3.05) is 0 Å². The molecule has 2 aliphatic rings. The third-order valence-corrected chi connectivity index (χ3v) is 24.3. The molecule has 0 fully saturated rings. The van der Waals surface area contributed by atoms with Crippen LogP contribution in [0.4, 0.5) is 0 Å². The SMILES string of the molecule is [CH3][Zr]([CH3])([SiH3])([C]1=CC=CC1)[C]1=CC=CC1. The van der Waals surface area contributed by atoms with Gasteiger partial charge >= 0.3 is 90.4 Å². The molecule has 0 aromatic rings. The Balaban J connectivity index is 2.36. The van der Waals surface area contributed by atoms with Gasteiger partial charge in [0.1, 0.15) is 0 Å². The summed E-state index contributed by atoms with van der Waals surface area (Å²) in [7, 11) is 1.39. The molecule has 0 aliphatic heterocycles. The van der Waals surface area contributed by atoms with Crippen LogP contribution in [-0.4, -0.2) is 7.37 Å². The summed E-state index contributed by atoms with van der Waals surface area (Å²) in [5.41, 5.74) is 0. The normalized spacial score (nSPS) is 23.4. The Bertz CT molecular complexity index is 341. The molecule has 0 aromatic heterocycles. The maximum atomic E-state index is 2.62. The fraction of sp³-hybridized carbons (Fsp3) is 0.333. The summed E-state index contributed by atoms with van der Waals surface area (Å²) in [6.45, 7) is 0. The van der Waals surface area contributed by atoms with Crippen LogP contribution < -0.4 is 0 Å². The Morgan fingerprint density at radius 1 is 1.00 bits per heavy atom. The van der Waals surface area contributed by atoms with E-state index in [0.29, 0.717) is 0 Å². The van der Waals surface area contributed by atoms with E-state index in [9.17, 15) is 0 Å². The Morgan fingerprint density at radius 2 is 1.43 bits per heavy atom. The Hall–Kier alpha value is 0.0600. The van der Waals surface area contributed by atoms with Gasteiger partial charge in [-0.1, -0.05) is 0 Å². The van der Waals surface area contributed by atoms with Crippen LogP contribution in [0.25, 0.3) is 0 Å². The van der Waals surface area contributed by atoms with Gasteiger partial charge in [-0.25, -0.2) is 0 Å². The van der Waals surface area contributed by atoms with E-state index in [1.165, 1.54) is 20.2 Å². The molecule has 2 aliphatic carbocycles. The molecule has 0 N–H and O–H groups in total. The van der Waals surface area contributed by atoms with Gasteiger partial charge < -0.3 is 0 Å². The molecule has 0 unspecified atom stereocenters. The zero-order valence-electron chi connectivity index (χ0n) is 9.38. The van der Waals surface area contributed by atoms with Crippen LogP contribution in [0.15, 0.2) is 43.0 Å². The predicted octanol–water partition coefficient (Wildman–Crippen LogP) is 2.74. The standard InChI is InChI=1S/2C5H5.2CH3.H3Si.Zr/c2*1-2-4-5-3-1;;;;/h2*1-3H,4H2;3*1H3;. The van der Waals surface area contributed by atoms with Crippen LogP contribution >= 0.6 is 0 Å². The number of rotatable bonds is 2. The Labute approximate surface area is 90.0 Å². The quantitative estimate of drug-likeness (QED) is 0.683. The Morgan fingerprint density at radius 3 is 1.71 bits per heavy atom. The molecule has 0 amide bonds. The number of hydrogen-bond donors (Lipinski definition) is 0. The molecule has 14 heavy (non-hydrogen) atoms. The number of hydrogen-bond acceptors (Lipinski definition) is 0. The van der Waals surface area contributed by atoms with Gasteiger partial charge in [-0.2, -0.15) is 0 Å². The molecule has 0 atom stereocenters. The third kappa shape index (κ3) is 1.63. The van der Waals surface area contributed by atoms with E-state index in [2.05, 4.69) is 45.7 Å². The van der Waals surface area contributed by atoms with Gasteiger partial charge in [-0.05, 0) is 0 Å². The van der Waals surface area contributed by atoms with E-state index < -0.39 is 17.9 Å². The summed E-state index contributed by atoms with van der Waals surface area (Å²) in [5, 5.41) is 0. The van der Waals surface area contributed by atoms with Crippen molar-refractivity contribution in [1.82, 2.24) is 0 Å². The first-order valence-corrected chi connectivity index (χ1v) is 21.2. The molecule has 0 aromatic carbocycles. The molecule has 0 radical (unpaired) electrons. The Kier molecular flexibility index (Phi) is 2.48. The van der Waals surface area contributed by atoms with Crippen molar-refractivity contribution in [1.29, 1.82) is 0 Å². The van der Waals surface area contributed by atoms with Crippen molar-refractivity contribution >= 4 is 7.37 Å². The summed E-state index contributed by atoms with van der Waals surface area (Å²) >= 11 is -2.51. The maximum absolute atomic E-state index is 2.62. The molecule has 0 saturated heterocycles. The van der Waals surface area contributed by atoms with Crippen molar-refractivity contribution in [3.63, 3.8) is 0 Å². The van der Waals surface area contributed by atoms with Crippen molar-refractivity contribution in [3.8, 4) is 0 Å². The van der Waals surface area contributed by atoms with Gasteiger partial charge in [0.05, 0.1) is 0 Å². The minimum atomic E-state index is -2.51. The van der Waals surface area contributed by atoms with Gasteiger partial charge in [0.2, 0.25) is 0 Å². The number of allylic oxidation sites excluding steroid dienone is 8.